The molecule has 0 amide bonds. The van der Waals surface area contributed by atoms with Crippen LogP contribution in [0.5, 0.6) is 0 Å². The highest BCUT2D eigenvalue weighted by Crippen LogP contribution is 2.31. The Balaban J connectivity index is 2.07. The summed E-state index contributed by atoms with van der Waals surface area (Å²) in [6, 6.07) is 0. The zero-order valence-corrected chi connectivity index (χ0v) is 10.4. The van der Waals surface area contributed by atoms with Gasteiger partial charge < -0.3 is 5.32 Å². The molecule has 0 radical (unpaired) electrons. The maximum Gasteiger partial charge on any atom is 0.182 e. The van der Waals surface area contributed by atoms with Crippen molar-refractivity contribution in [2.45, 2.75) is 32.6 Å². The lowest BCUT2D eigenvalue weighted by atomic mass is 9.74. The second-order valence-electron chi connectivity index (χ2n) is 4.71. The van der Waals surface area contributed by atoms with Gasteiger partial charge in [-0.05, 0) is 31.0 Å². The summed E-state index contributed by atoms with van der Waals surface area (Å²) in [5.41, 5.74) is -0.225. The lowest BCUT2D eigenvalue weighted by molar-refractivity contribution is -0.129. The first-order valence-electron chi connectivity index (χ1n) is 6.13. The normalized spacial score (nSPS) is 24.8. The van der Waals surface area contributed by atoms with Crippen LogP contribution in [0.15, 0.2) is 0 Å². The lowest BCUT2D eigenvalue weighted by Crippen LogP contribution is -2.45. The van der Waals surface area contributed by atoms with Crippen molar-refractivity contribution >= 4 is 5.78 Å². The standard InChI is InChI=1S/C11H19N5O/c1-3-11(5-4-6-12-8-11)9(17)7-10-13-15-16(2)14-10/h12H,3-8H2,1-2H3. The third-order valence-corrected chi connectivity index (χ3v) is 3.61. The van der Waals surface area contributed by atoms with Gasteiger partial charge in [-0.3, -0.25) is 4.79 Å². The number of carbonyl (C=O) groups is 1. The molecular formula is C11H19N5O. The largest absolute Gasteiger partial charge is 0.316 e. The highest BCUT2D eigenvalue weighted by Gasteiger charge is 2.37. The van der Waals surface area contributed by atoms with Crippen LogP contribution in [-0.4, -0.2) is 39.1 Å². The molecule has 0 saturated carbocycles. The number of piperidine rings is 1. The Morgan fingerprint density at radius 1 is 1.59 bits per heavy atom. The molecule has 2 heterocycles. The molecule has 1 aliphatic heterocycles. The van der Waals surface area contributed by atoms with Gasteiger partial charge in [0.1, 0.15) is 5.78 Å². The number of nitrogens with zero attached hydrogens (tertiary/aromatic N) is 4. The lowest BCUT2D eigenvalue weighted by Gasteiger charge is -2.35. The summed E-state index contributed by atoms with van der Waals surface area (Å²) < 4.78 is 0. The van der Waals surface area contributed by atoms with Gasteiger partial charge in [-0.2, -0.15) is 4.80 Å². The van der Waals surface area contributed by atoms with E-state index >= 15 is 0 Å². The molecule has 1 saturated heterocycles. The molecule has 2 rings (SSSR count). The van der Waals surface area contributed by atoms with Crippen molar-refractivity contribution in [2.24, 2.45) is 12.5 Å². The van der Waals surface area contributed by atoms with E-state index in [1.165, 1.54) is 4.80 Å². The molecule has 6 heteroatoms. The molecule has 1 fully saturated rings. The Bertz CT molecular complexity index is 394. The van der Waals surface area contributed by atoms with Gasteiger partial charge in [0.25, 0.3) is 0 Å². The number of carbonyl (C=O) groups excluding carboxylic acids is 1. The predicted octanol–water partition coefficient (Wildman–Crippen LogP) is 0.101. The first-order valence-corrected chi connectivity index (χ1v) is 6.13. The van der Waals surface area contributed by atoms with E-state index in [-0.39, 0.29) is 11.2 Å². The maximum atomic E-state index is 12.4. The fraction of sp³-hybridized carbons (Fsp3) is 0.818. The summed E-state index contributed by atoms with van der Waals surface area (Å²) in [5, 5.41) is 15.0. The average Bonchev–Trinajstić information content (AvgIpc) is 2.75. The van der Waals surface area contributed by atoms with E-state index in [1.54, 1.807) is 7.05 Å². The molecule has 1 unspecified atom stereocenters. The number of rotatable bonds is 4. The Morgan fingerprint density at radius 3 is 2.94 bits per heavy atom. The molecule has 0 bridgehead atoms. The topological polar surface area (TPSA) is 72.7 Å². The number of ketones is 1. The summed E-state index contributed by atoms with van der Waals surface area (Å²) in [5.74, 6) is 0.760. The molecule has 1 aromatic rings. The predicted molar refractivity (Wildman–Crippen MR) is 62.3 cm³/mol. The summed E-state index contributed by atoms with van der Waals surface area (Å²) in [6.45, 7) is 3.87. The Hall–Kier alpha value is -1.30. The number of Topliss-reactive ketones (excluding diaryl/α,β-unsaturated/α-hetero) is 1. The van der Waals surface area contributed by atoms with Crippen molar-refractivity contribution in [3.63, 3.8) is 0 Å². The molecule has 1 N–H and O–H groups in total. The van der Waals surface area contributed by atoms with Gasteiger partial charge in [0.15, 0.2) is 5.82 Å². The smallest absolute Gasteiger partial charge is 0.182 e. The van der Waals surface area contributed by atoms with Gasteiger partial charge in [0.05, 0.1) is 13.5 Å². The summed E-state index contributed by atoms with van der Waals surface area (Å²) in [7, 11) is 1.71. The summed E-state index contributed by atoms with van der Waals surface area (Å²) in [6.07, 6.45) is 3.20. The van der Waals surface area contributed by atoms with Crippen molar-refractivity contribution in [3.8, 4) is 0 Å². The summed E-state index contributed by atoms with van der Waals surface area (Å²) in [4.78, 5) is 13.8. The van der Waals surface area contributed by atoms with Crippen LogP contribution < -0.4 is 5.32 Å². The quantitative estimate of drug-likeness (QED) is 0.804. The van der Waals surface area contributed by atoms with Crippen LogP contribution >= 0.6 is 0 Å². The molecule has 0 aliphatic carbocycles. The Kier molecular flexibility index (Phi) is 3.51. The van der Waals surface area contributed by atoms with Crippen LogP contribution in [-0.2, 0) is 18.3 Å². The fourth-order valence-electron chi connectivity index (χ4n) is 2.43. The maximum absolute atomic E-state index is 12.4. The first kappa shape index (κ1) is 12.2. The first-order chi connectivity index (χ1) is 8.16. The van der Waals surface area contributed by atoms with Gasteiger partial charge in [-0.1, -0.05) is 6.92 Å². The third kappa shape index (κ3) is 2.52. The van der Waals surface area contributed by atoms with Crippen LogP contribution in [0.3, 0.4) is 0 Å². The minimum atomic E-state index is -0.225. The van der Waals surface area contributed by atoms with Crippen LogP contribution in [0.1, 0.15) is 32.0 Å². The summed E-state index contributed by atoms with van der Waals surface area (Å²) >= 11 is 0. The zero-order valence-electron chi connectivity index (χ0n) is 10.4. The van der Waals surface area contributed by atoms with Crippen molar-refractivity contribution in [1.29, 1.82) is 0 Å². The molecule has 6 nitrogen and oxygen atoms in total. The van der Waals surface area contributed by atoms with E-state index < -0.39 is 0 Å². The number of tetrazole rings is 1. The van der Waals surface area contributed by atoms with Crippen molar-refractivity contribution < 1.29 is 4.79 Å². The highest BCUT2D eigenvalue weighted by molar-refractivity contribution is 5.86. The Morgan fingerprint density at radius 2 is 2.41 bits per heavy atom. The third-order valence-electron chi connectivity index (χ3n) is 3.61. The van der Waals surface area contributed by atoms with Gasteiger partial charge in [0.2, 0.25) is 0 Å². The second kappa shape index (κ2) is 4.91. The second-order valence-corrected chi connectivity index (χ2v) is 4.71. The van der Waals surface area contributed by atoms with E-state index in [4.69, 9.17) is 0 Å². The van der Waals surface area contributed by atoms with Crippen LogP contribution in [0.25, 0.3) is 0 Å². The van der Waals surface area contributed by atoms with Gasteiger partial charge in [-0.15, -0.1) is 10.2 Å². The number of nitrogens with one attached hydrogen (secondary N) is 1. The average molecular weight is 237 g/mol. The van der Waals surface area contributed by atoms with Crippen LogP contribution in [0, 0.1) is 5.41 Å². The van der Waals surface area contributed by atoms with Crippen molar-refractivity contribution in [2.75, 3.05) is 13.1 Å². The van der Waals surface area contributed by atoms with Gasteiger partial charge in [0, 0.05) is 12.0 Å². The molecule has 1 aromatic heterocycles. The van der Waals surface area contributed by atoms with Gasteiger partial charge in [-0.25, -0.2) is 0 Å². The van der Waals surface area contributed by atoms with E-state index in [2.05, 4.69) is 27.7 Å². The van der Waals surface area contributed by atoms with Crippen LogP contribution in [0.4, 0.5) is 0 Å². The number of aryl methyl sites for hydroxylation is 1. The number of aromatic nitrogens is 4. The van der Waals surface area contributed by atoms with Crippen molar-refractivity contribution in [3.05, 3.63) is 5.82 Å². The van der Waals surface area contributed by atoms with Gasteiger partial charge >= 0.3 is 0 Å². The molecule has 94 valence electrons. The monoisotopic (exact) mass is 237 g/mol. The van der Waals surface area contributed by atoms with E-state index in [9.17, 15) is 4.79 Å². The number of hydrogen-bond donors (Lipinski definition) is 1. The minimum Gasteiger partial charge on any atom is -0.316 e. The molecule has 0 spiro atoms. The SMILES string of the molecule is CCC1(C(=O)Cc2nnn(C)n2)CCCNC1. The fourth-order valence-corrected chi connectivity index (χ4v) is 2.43. The highest BCUT2D eigenvalue weighted by atomic mass is 16.1. The molecule has 17 heavy (non-hydrogen) atoms. The van der Waals surface area contributed by atoms with E-state index in [0.717, 1.165) is 32.4 Å². The molecule has 0 aromatic carbocycles. The van der Waals surface area contributed by atoms with E-state index in [1.807, 2.05) is 0 Å². The number of hydrogen-bond acceptors (Lipinski definition) is 5. The van der Waals surface area contributed by atoms with E-state index in [0.29, 0.717) is 12.2 Å². The Labute approximate surface area is 101 Å². The van der Waals surface area contributed by atoms with Crippen LogP contribution in [0.2, 0.25) is 0 Å². The molecule has 1 aliphatic rings. The minimum absolute atomic E-state index is 0.225. The molecule has 1 atom stereocenters. The van der Waals surface area contributed by atoms with Crippen molar-refractivity contribution in [1.82, 2.24) is 25.5 Å². The molecular weight excluding hydrogens is 218 g/mol. The zero-order chi connectivity index (χ0) is 12.3.